The molecule has 0 radical (unpaired) electrons. The molecule has 0 N–H and O–H groups in total. The van der Waals surface area contributed by atoms with Gasteiger partial charge in [0.25, 0.3) is 10.0 Å². The molecule has 0 bridgehead atoms. The molecular formula is C17H19FN2O2S. The first-order chi connectivity index (χ1) is 11.0. The third kappa shape index (κ3) is 4.16. The molecule has 0 spiro atoms. The maximum absolute atomic E-state index is 13.1. The average molecular weight is 334 g/mol. The maximum Gasteiger partial charge on any atom is 0.284 e. The molecule has 0 heterocycles. The summed E-state index contributed by atoms with van der Waals surface area (Å²) in [4.78, 5) is 1.96. The number of halogens is 1. The zero-order valence-electron chi connectivity index (χ0n) is 13.1. The van der Waals surface area contributed by atoms with E-state index in [1.807, 2.05) is 18.7 Å². The number of nitrogens with zero attached hydrogens (tertiary/aromatic N) is 2. The minimum atomic E-state index is -3.83. The van der Waals surface area contributed by atoms with Crippen LogP contribution in [-0.4, -0.2) is 32.2 Å². The lowest BCUT2D eigenvalue weighted by Crippen LogP contribution is -2.32. The average Bonchev–Trinajstić information content (AvgIpc) is 2.56. The summed E-state index contributed by atoms with van der Waals surface area (Å²) in [7, 11) is -3.83. The second-order valence-electron chi connectivity index (χ2n) is 4.88. The number of hydrogen-bond donors (Lipinski definition) is 0. The fourth-order valence-corrected chi connectivity index (χ4v) is 3.23. The minimum Gasteiger partial charge on any atom is -0.356 e. The lowest BCUT2D eigenvalue weighted by Gasteiger charge is -2.23. The Bertz CT molecular complexity index is 768. The molecular weight excluding hydrogens is 315 g/mol. The number of sulfonamides is 1. The van der Waals surface area contributed by atoms with Crippen molar-refractivity contribution in [2.75, 3.05) is 13.1 Å². The molecule has 0 unspecified atom stereocenters. The maximum atomic E-state index is 13.1. The molecule has 0 fully saturated rings. The Morgan fingerprint density at radius 2 is 1.57 bits per heavy atom. The summed E-state index contributed by atoms with van der Waals surface area (Å²) >= 11 is 0. The van der Waals surface area contributed by atoms with Crippen LogP contribution < -0.4 is 0 Å². The van der Waals surface area contributed by atoms with E-state index >= 15 is 0 Å². The van der Waals surface area contributed by atoms with E-state index in [0.29, 0.717) is 24.5 Å². The fraction of sp³-hybridized carbons (Fsp3) is 0.235. The molecule has 0 aliphatic carbocycles. The molecule has 0 atom stereocenters. The van der Waals surface area contributed by atoms with E-state index in [1.54, 1.807) is 18.2 Å². The number of amidine groups is 1. The monoisotopic (exact) mass is 334 g/mol. The van der Waals surface area contributed by atoms with Crippen LogP contribution in [0.3, 0.4) is 0 Å². The lowest BCUT2D eigenvalue weighted by molar-refractivity contribution is 0.466. The van der Waals surface area contributed by atoms with E-state index in [-0.39, 0.29) is 10.7 Å². The Balaban J connectivity index is 2.55. The highest BCUT2D eigenvalue weighted by atomic mass is 32.2. The van der Waals surface area contributed by atoms with Crippen molar-refractivity contribution in [2.24, 2.45) is 4.40 Å². The molecule has 0 saturated carbocycles. The molecule has 0 aliphatic heterocycles. The van der Waals surface area contributed by atoms with Crippen molar-refractivity contribution >= 4 is 15.9 Å². The number of rotatable bonds is 5. The Morgan fingerprint density at radius 3 is 2.09 bits per heavy atom. The predicted octanol–water partition coefficient (Wildman–Crippen LogP) is 3.30. The van der Waals surface area contributed by atoms with Gasteiger partial charge in [-0.1, -0.05) is 18.2 Å². The van der Waals surface area contributed by atoms with Crippen molar-refractivity contribution < 1.29 is 12.8 Å². The van der Waals surface area contributed by atoms with E-state index in [4.69, 9.17) is 0 Å². The first kappa shape index (κ1) is 17.1. The molecule has 0 saturated heterocycles. The molecule has 0 aliphatic rings. The van der Waals surface area contributed by atoms with Crippen molar-refractivity contribution in [2.45, 2.75) is 18.7 Å². The molecule has 2 rings (SSSR count). The van der Waals surface area contributed by atoms with Gasteiger partial charge >= 0.3 is 0 Å². The third-order valence-electron chi connectivity index (χ3n) is 3.41. The van der Waals surface area contributed by atoms with Gasteiger partial charge in [-0.3, -0.25) is 0 Å². The second-order valence-corrected chi connectivity index (χ2v) is 6.49. The van der Waals surface area contributed by atoms with E-state index in [1.165, 1.54) is 36.4 Å². The smallest absolute Gasteiger partial charge is 0.284 e. The highest BCUT2D eigenvalue weighted by Gasteiger charge is 2.18. The van der Waals surface area contributed by atoms with Gasteiger partial charge in [0.2, 0.25) is 0 Å². The zero-order chi connectivity index (χ0) is 16.9. The van der Waals surface area contributed by atoms with Crippen LogP contribution in [0.15, 0.2) is 63.9 Å². The second kappa shape index (κ2) is 7.37. The Kier molecular flexibility index (Phi) is 5.50. The SMILES string of the molecule is CCN(CC)C(=NS(=O)(=O)c1ccccc1)c1ccc(F)cc1. The van der Waals surface area contributed by atoms with Crippen LogP contribution in [0.25, 0.3) is 0 Å². The summed E-state index contributed by atoms with van der Waals surface area (Å²) < 4.78 is 42.2. The molecule has 2 aromatic rings. The Hall–Kier alpha value is -2.21. The van der Waals surface area contributed by atoms with Crippen LogP contribution in [0, 0.1) is 5.82 Å². The van der Waals surface area contributed by atoms with E-state index in [2.05, 4.69) is 4.40 Å². The van der Waals surface area contributed by atoms with Crippen LogP contribution in [0.4, 0.5) is 4.39 Å². The number of benzene rings is 2. The quantitative estimate of drug-likeness (QED) is 0.623. The van der Waals surface area contributed by atoms with Crippen molar-refractivity contribution in [3.63, 3.8) is 0 Å². The van der Waals surface area contributed by atoms with Gasteiger partial charge in [0.15, 0.2) is 0 Å². The molecule has 6 heteroatoms. The first-order valence-electron chi connectivity index (χ1n) is 7.38. The van der Waals surface area contributed by atoms with Crippen molar-refractivity contribution in [3.8, 4) is 0 Å². The van der Waals surface area contributed by atoms with Crippen molar-refractivity contribution in [3.05, 3.63) is 66.0 Å². The third-order valence-corrected chi connectivity index (χ3v) is 4.69. The predicted molar refractivity (Wildman–Crippen MR) is 89.5 cm³/mol. The molecule has 23 heavy (non-hydrogen) atoms. The normalized spacial score (nSPS) is 12.2. The van der Waals surface area contributed by atoms with Gasteiger partial charge in [-0.15, -0.1) is 4.40 Å². The van der Waals surface area contributed by atoms with Gasteiger partial charge in [0, 0.05) is 18.7 Å². The van der Waals surface area contributed by atoms with Gasteiger partial charge in [0.05, 0.1) is 4.90 Å². The Morgan fingerprint density at radius 1 is 1.00 bits per heavy atom. The number of hydrogen-bond acceptors (Lipinski definition) is 2. The minimum absolute atomic E-state index is 0.131. The molecule has 0 amide bonds. The fourth-order valence-electron chi connectivity index (χ4n) is 2.17. The lowest BCUT2D eigenvalue weighted by atomic mass is 10.2. The van der Waals surface area contributed by atoms with Gasteiger partial charge in [-0.25, -0.2) is 4.39 Å². The van der Waals surface area contributed by atoms with E-state index in [9.17, 15) is 12.8 Å². The van der Waals surface area contributed by atoms with Crippen LogP contribution in [-0.2, 0) is 10.0 Å². The summed E-state index contributed by atoms with van der Waals surface area (Å²) in [5, 5.41) is 0. The van der Waals surface area contributed by atoms with E-state index < -0.39 is 10.0 Å². The van der Waals surface area contributed by atoms with Gasteiger partial charge in [0.1, 0.15) is 11.7 Å². The van der Waals surface area contributed by atoms with E-state index in [0.717, 1.165) is 0 Å². The summed E-state index contributed by atoms with van der Waals surface area (Å²) in [5.41, 5.74) is 0.564. The van der Waals surface area contributed by atoms with Crippen LogP contribution in [0.1, 0.15) is 19.4 Å². The summed E-state index contributed by atoms with van der Waals surface area (Å²) in [6.45, 7) is 5.02. The molecule has 2 aromatic carbocycles. The van der Waals surface area contributed by atoms with Crippen LogP contribution >= 0.6 is 0 Å². The van der Waals surface area contributed by atoms with Crippen molar-refractivity contribution in [1.29, 1.82) is 0 Å². The van der Waals surface area contributed by atoms with Crippen LogP contribution in [0.5, 0.6) is 0 Å². The van der Waals surface area contributed by atoms with Gasteiger partial charge in [-0.2, -0.15) is 8.42 Å². The zero-order valence-corrected chi connectivity index (χ0v) is 13.9. The Labute approximate surface area is 136 Å². The summed E-state index contributed by atoms with van der Waals surface area (Å²) in [6, 6.07) is 13.7. The van der Waals surface area contributed by atoms with Gasteiger partial charge < -0.3 is 4.90 Å². The highest BCUT2D eigenvalue weighted by Crippen LogP contribution is 2.16. The molecule has 4 nitrogen and oxygen atoms in total. The highest BCUT2D eigenvalue weighted by molar-refractivity contribution is 7.90. The van der Waals surface area contributed by atoms with Crippen molar-refractivity contribution in [1.82, 2.24) is 4.90 Å². The topological polar surface area (TPSA) is 49.7 Å². The van der Waals surface area contributed by atoms with Crippen LogP contribution in [0.2, 0.25) is 0 Å². The molecule has 0 aromatic heterocycles. The largest absolute Gasteiger partial charge is 0.356 e. The summed E-state index contributed by atoms with van der Waals surface area (Å²) in [6.07, 6.45) is 0. The standard InChI is InChI=1S/C17H19FN2O2S/c1-3-20(4-2)17(14-10-12-15(18)13-11-14)19-23(21,22)16-8-6-5-7-9-16/h5-13H,3-4H2,1-2H3. The molecule has 122 valence electrons. The summed E-state index contributed by atoms with van der Waals surface area (Å²) in [5.74, 6) is -0.0579. The first-order valence-corrected chi connectivity index (χ1v) is 8.83. The van der Waals surface area contributed by atoms with Gasteiger partial charge in [-0.05, 0) is 50.2 Å².